The number of benzene rings is 1. The number of carbonyl (C=O) groups excluding carboxylic acids is 2. The van der Waals surface area contributed by atoms with Gasteiger partial charge in [-0.15, -0.1) is 0 Å². The Kier molecular flexibility index (Phi) is 4.17. The number of non-ortho nitro benzene ring substituents is 1. The number of aromatic nitrogens is 3. The SMILES string of the molecule is Cc1nc2n(n1)C[C@@H](CC(=O)Nc1cc([N+](=O)[O-])ccc1C)C(=O)N2. The lowest BCUT2D eigenvalue weighted by Gasteiger charge is -2.21. The average molecular weight is 344 g/mol. The van der Waals surface area contributed by atoms with Crippen LogP contribution in [0, 0.1) is 29.9 Å². The molecule has 1 aromatic carbocycles. The van der Waals surface area contributed by atoms with E-state index in [0.29, 0.717) is 23.0 Å². The molecule has 1 atom stereocenters. The molecule has 1 aliphatic heterocycles. The van der Waals surface area contributed by atoms with Gasteiger partial charge in [0.05, 0.1) is 23.1 Å². The third-order valence-electron chi connectivity index (χ3n) is 3.91. The fraction of sp³-hybridized carbons (Fsp3) is 0.333. The molecule has 2 N–H and O–H groups in total. The molecule has 0 bridgehead atoms. The molecule has 130 valence electrons. The van der Waals surface area contributed by atoms with Crippen molar-refractivity contribution in [2.75, 3.05) is 10.6 Å². The second-order valence-electron chi connectivity index (χ2n) is 5.86. The Morgan fingerprint density at radius 2 is 2.24 bits per heavy atom. The van der Waals surface area contributed by atoms with Crippen molar-refractivity contribution < 1.29 is 14.5 Å². The van der Waals surface area contributed by atoms with Crippen LogP contribution in [-0.2, 0) is 16.1 Å². The normalized spacial score (nSPS) is 16.1. The van der Waals surface area contributed by atoms with Crippen molar-refractivity contribution in [2.24, 2.45) is 5.92 Å². The first-order valence-electron chi connectivity index (χ1n) is 7.60. The van der Waals surface area contributed by atoms with Crippen molar-refractivity contribution in [3.63, 3.8) is 0 Å². The molecule has 2 heterocycles. The van der Waals surface area contributed by atoms with Gasteiger partial charge in [-0.2, -0.15) is 10.1 Å². The number of fused-ring (bicyclic) bond motifs is 1. The van der Waals surface area contributed by atoms with Crippen LogP contribution in [0.2, 0.25) is 0 Å². The molecule has 10 heteroatoms. The summed E-state index contributed by atoms with van der Waals surface area (Å²) < 4.78 is 1.55. The van der Waals surface area contributed by atoms with Crippen molar-refractivity contribution in [1.29, 1.82) is 0 Å². The first-order chi connectivity index (χ1) is 11.8. The van der Waals surface area contributed by atoms with Crippen LogP contribution in [0.5, 0.6) is 0 Å². The predicted molar refractivity (Wildman–Crippen MR) is 88.0 cm³/mol. The minimum atomic E-state index is -0.590. The number of hydrogen-bond donors (Lipinski definition) is 2. The third kappa shape index (κ3) is 3.47. The van der Waals surface area contributed by atoms with Gasteiger partial charge in [0.15, 0.2) is 0 Å². The van der Waals surface area contributed by atoms with Crippen LogP contribution in [0.4, 0.5) is 17.3 Å². The summed E-state index contributed by atoms with van der Waals surface area (Å²) in [5.41, 5.74) is 0.938. The second-order valence-corrected chi connectivity index (χ2v) is 5.86. The molecule has 0 saturated heterocycles. The van der Waals surface area contributed by atoms with Gasteiger partial charge in [-0.3, -0.25) is 25.0 Å². The molecule has 0 spiro atoms. The van der Waals surface area contributed by atoms with E-state index in [2.05, 4.69) is 20.7 Å². The van der Waals surface area contributed by atoms with E-state index >= 15 is 0 Å². The van der Waals surface area contributed by atoms with E-state index in [0.717, 1.165) is 0 Å². The Labute approximate surface area is 142 Å². The Balaban J connectivity index is 1.70. The molecule has 0 aliphatic carbocycles. The van der Waals surface area contributed by atoms with Crippen LogP contribution in [-0.4, -0.2) is 31.5 Å². The molecule has 0 saturated carbocycles. The molecule has 2 amide bonds. The van der Waals surface area contributed by atoms with Gasteiger partial charge in [0, 0.05) is 18.6 Å². The fourth-order valence-corrected chi connectivity index (χ4v) is 2.62. The zero-order valence-electron chi connectivity index (χ0n) is 13.6. The number of anilines is 2. The largest absolute Gasteiger partial charge is 0.326 e. The second kappa shape index (κ2) is 6.30. The summed E-state index contributed by atoms with van der Waals surface area (Å²) in [4.78, 5) is 38.8. The summed E-state index contributed by atoms with van der Waals surface area (Å²) in [6.07, 6.45) is -0.0632. The minimum Gasteiger partial charge on any atom is -0.326 e. The molecule has 25 heavy (non-hydrogen) atoms. The Morgan fingerprint density at radius 1 is 1.48 bits per heavy atom. The lowest BCUT2D eigenvalue weighted by Crippen LogP contribution is -2.36. The standard InChI is InChI=1S/C15H16N6O4/c1-8-3-4-11(21(24)25)6-12(8)17-13(22)5-10-7-20-15(18-14(10)23)16-9(2)19-20/h3-4,6,10H,5,7H2,1-2H3,(H,17,22)(H,16,18,19,23)/t10-/m1/s1. The van der Waals surface area contributed by atoms with E-state index in [1.165, 1.54) is 12.1 Å². The highest BCUT2D eigenvalue weighted by atomic mass is 16.6. The van der Waals surface area contributed by atoms with Crippen molar-refractivity contribution in [2.45, 2.75) is 26.8 Å². The molecule has 3 rings (SSSR count). The van der Waals surface area contributed by atoms with Gasteiger partial charge in [0.2, 0.25) is 17.8 Å². The van der Waals surface area contributed by atoms with Gasteiger partial charge in [-0.05, 0) is 19.4 Å². The molecule has 1 aliphatic rings. The topological polar surface area (TPSA) is 132 Å². The van der Waals surface area contributed by atoms with Gasteiger partial charge < -0.3 is 5.32 Å². The molecule has 1 aromatic heterocycles. The summed E-state index contributed by atoms with van der Waals surface area (Å²) in [5, 5.41) is 20.3. The highest BCUT2D eigenvalue weighted by Gasteiger charge is 2.30. The molecule has 2 aromatic rings. The van der Waals surface area contributed by atoms with Crippen LogP contribution >= 0.6 is 0 Å². The highest BCUT2D eigenvalue weighted by molar-refractivity contribution is 5.98. The molecular formula is C15H16N6O4. The average Bonchev–Trinajstić information content (AvgIpc) is 2.88. The van der Waals surface area contributed by atoms with Crippen molar-refractivity contribution in [1.82, 2.24) is 14.8 Å². The van der Waals surface area contributed by atoms with E-state index in [1.807, 2.05) is 0 Å². The van der Waals surface area contributed by atoms with E-state index in [4.69, 9.17) is 0 Å². The minimum absolute atomic E-state index is 0.0632. The summed E-state index contributed by atoms with van der Waals surface area (Å²) in [5.74, 6) is -0.385. The Morgan fingerprint density at radius 3 is 2.96 bits per heavy atom. The van der Waals surface area contributed by atoms with Gasteiger partial charge in [-0.25, -0.2) is 4.68 Å². The summed E-state index contributed by atoms with van der Waals surface area (Å²) >= 11 is 0. The summed E-state index contributed by atoms with van der Waals surface area (Å²) in [6.45, 7) is 3.70. The Hall–Kier alpha value is -3.30. The number of nitro groups is 1. The molecule has 10 nitrogen and oxygen atoms in total. The number of nitrogens with one attached hydrogen (secondary N) is 2. The number of aryl methyl sites for hydroxylation is 2. The van der Waals surface area contributed by atoms with Gasteiger partial charge in [0.25, 0.3) is 5.69 Å². The zero-order valence-corrected chi connectivity index (χ0v) is 13.6. The van der Waals surface area contributed by atoms with E-state index in [9.17, 15) is 19.7 Å². The van der Waals surface area contributed by atoms with Crippen LogP contribution in [0.15, 0.2) is 18.2 Å². The lowest BCUT2D eigenvalue weighted by molar-refractivity contribution is -0.384. The molecule has 0 radical (unpaired) electrons. The number of rotatable bonds is 4. The van der Waals surface area contributed by atoms with Crippen molar-refractivity contribution in [3.8, 4) is 0 Å². The van der Waals surface area contributed by atoms with E-state index in [1.54, 1.807) is 24.6 Å². The number of carbonyl (C=O) groups is 2. The van der Waals surface area contributed by atoms with Crippen molar-refractivity contribution in [3.05, 3.63) is 39.7 Å². The zero-order chi connectivity index (χ0) is 18.1. The summed E-state index contributed by atoms with van der Waals surface area (Å²) in [7, 11) is 0. The first kappa shape index (κ1) is 16.6. The van der Waals surface area contributed by atoms with Gasteiger partial charge >= 0.3 is 0 Å². The fourth-order valence-electron chi connectivity index (χ4n) is 2.62. The maximum atomic E-state index is 12.3. The molecular weight excluding hydrogens is 328 g/mol. The van der Waals surface area contributed by atoms with Crippen molar-refractivity contribution >= 4 is 29.1 Å². The molecule has 0 fully saturated rings. The van der Waals surface area contributed by atoms with E-state index < -0.39 is 16.7 Å². The quantitative estimate of drug-likeness (QED) is 0.636. The Bertz CT molecular complexity index is 875. The lowest BCUT2D eigenvalue weighted by atomic mass is 10.0. The smallest absolute Gasteiger partial charge is 0.271 e. The van der Waals surface area contributed by atoms with E-state index in [-0.39, 0.29) is 24.6 Å². The first-order valence-corrected chi connectivity index (χ1v) is 7.60. The number of nitro benzene ring substituents is 1. The van der Waals surface area contributed by atoms with Crippen LogP contribution < -0.4 is 10.6 Å². The number of nitrogens with zero attached hydrogens (tertiary/aromatic N) is 4. The highest BCUT2D eigenvalue weighted by Crippen LogP contribution is 2.23. The van der Waals surface area contributed by atoms with Gasteiger partial charge in [-0.1, -0.05) is 6.07 Å². The number of hydrogen-bond acceptors (Lipinski definition) is 6. The van der Waals surface area contributed by atoms with Crippen LogP contribution in [0.25, 0.3) is 0 Å². The van der Waals surface area contributed by atoms with Crippen LogP contribution in [0.1, 0.15) is 17.8 Å². The molecule has 0 unspecified atom stereocenters. The maximum Gasteiger partial charge on any atom is 0.271 e. The van der Waals surface area contributed by atoms with Gasteiger partial charge in [0.1, 0.15) is 5.82 Å². The number of amides is 2. The van der Waals surface area contributed by atoms with Crippen LogP contribution in [0.3, 0.4) is 0 Å². The predicted octanol–water partition coefficient (Wildman–Crippen LogP) is 1.40. The maximum absolute atomic E-state index is 12.3. The monoisotopic (exact) mass is 344 g/mol. The summed E-state index contributed by atoms with van der Waals surface area (Å²) in [6, 6.07) is 4.23. The third-order valence-corrected chi connectivity index (χ3v) is 3.91.